The second-order valence-electron chi connectivity index (χ2n) is 9.32. The van der Waals surface area contributed by atoms with Gasteiger partial charge in [-0.1, -0.05) is 12.1 Å². The van der Waals surface area contributed by atoms with Crippen LogP contribution in [-0.2, 0) is 0 Å². The Morgan fingerprint density at radius 1 is 1.11 bits per heavy atom. The molecule has 0 spiro atoms. The number of rotatable bonds is 7. The van der Waals surface area contributed by atoms with Crippen LogP contribution in [0.3, 0.4) is 0 Å². The number of pyridine rings is 1. The van der Waals surface area contributed by atoms with Crippen LogP contribution in [0.5, 0.6) is 11.5 Å². The van der Waals surface area contributed by atoms with E-state index in [2.05, 4.69) is 9.88 Å². The molecular formula is C29H30F2N2O2S. The molecule has 4 nitrogen and oxygen atoms in total. The first-order chi connectivity index (χ1) is 17.5. The highest BCUT2D eigenvalue weighted by Crippen LogP contribution is 2.44. The number of ether oxygens (including phenoxy) is 1. The predicted octanol–water partition coefficient (Wildman–Crippen LogP) is 6.50. The van der Waals surface area contributed by atoms with E-state index in [0.717, 1.165) is 64.7 Å². The average Bonchev–Trinajstić information content (AvgIpc) is 3.22. The molecule has 1 saturated heterocycles. The maximum absolute atomic E-state index is 15.1. The fourth-order valence-corrected chi connectivity index (χ4v) is 6.06. The molecular weight excluding hydrogens is 478 g/mol. The number of thioether (sulfide) groups is 1. The largest absolute Gasteiger partial charge is 0.508 e. The number of halogens is 2. The molecule has 3 aromatic rings. The van der Waals surface area contributed by atoms with E-state index in [0.29, 0.717) is 24.1 Å². The number of hydrogen-bond donors (Lipinski definition) is 1. The van der Waals surface area contributed by atoms with Gasteiger partial charge in [0, 0.05) is 41.5 Å². The lowest BCUT2D eigenvalue weighted by Crippen LogP contribution is -2.26. The Morgan fingerprint density at radius 2 is 1.92 bits per heavy atom. The number of phenolic OH excluding ortho intramolecular Hbond substituents is 1. The van der Waals surface area contributed by atoms with Gasteiger partial charge >= 0.3 is 0 Å². The van der Waals surface area contributed by atoms with E-state index in [4.69, 9.17) is 4.74 Å². The lowest BCUT2D eigenvalue weighted by Gasteiger charge is -2.18. The Kier molecular flexibility index (Phi) is 7.58. The zero-order valence-electron chi connectivity index (χ0n) is 20.3. The number of fused-ring (bicyclic) bond motifs is 1. The Bertz CT molecular complexity index is 1260. The zero-order chi connectivity index (χ0) is 25.1. The SMILES string of the molecule is Cc1ccc(C2=C(c3ccc(O[C@H]4CCN(CCCF)C4)cc3)c3ccc(O)cc3SCC2)c(F)n1. The molecule has 2 aliphatic rings. The molecule has 36 heavy (non-hydrogen) atoms. The van der Waals surface area contributed by atoms with Crippen molar-refractivity contribution < 1.29 is 18.6 Å². The standard InChI is InChI=1S/C29H30F2N2O2S/c1-19-3-9-25(29(31)32-19)24-12-16-36-27-17-21(34)6-10-26(27)28(24)20-4-7-22(8-5-20)35-23-11-15-33(18-23)14-2-13-30/h3-10,17,23,34H,2,11-16,18H2,1H3/t23-/m0/s1. The van der Waals surface area contributed by atoms with Gasteiger partial charge in [-0.2, -0.15) is 4.39 Å². The Balaban J connectivity index is 1.49. The number of benzene rings is 2. The van der Waals surface area contributed by atoms with Gasteiger partial charge in [0.25, 0.3) is 0 Å². The minimum Gasteiger partial charge on any atom is -0.508 e. The first kappa shape index (κ1) is 24.8. The average molecular weight is 509 g/mol. The lowest BCUT2D eigenvalue weighted by molar-refractivity contribution is 0.198. The highest BCUT2D eigenvalue weighted by molar-refractivity contribution is 7.99. The van der Waals surface area contributed by atoms with Crippen molar-refractivity contribution in [3.63, 3.8) is 0 Å². The van der Waals surface area contributed by atoms with Crippen molar-refractivity contribution in [3.05, 3.63) is 82.9 Å². The number of aromatic hydroxyl groups is 1. The molecule has 0 saturated carbocycles. The molecule has 3 heterocycles. The number of aromatic nitrogens is 1. The van der Waals surface area contributed by atoms with Crippen LogP contribution < -0.4 is 4.74 Å². The smallest absolute Gasteiger partial charge is 0.220 e. The Labute approximate surface area is 215 Å². The topological polar surface area (TPSA) is 45.6 Å². The van der Waals surface area contributed by atoms with Gasteiger partial charge in [-0.25, -0.2) is 4.98 Å². The maximum atomic E-state index is 15.1. The third-order valence-corrected chi connectivity index (χ3v) is 7.80. The summed E-state index contributed by atoms with van der Waals surface area (Å²) in [6, 6.07) is 17.0. The van der Waals surface area contributed by atoms with Crippen LogP contribution in [0.15, 0.2) is 59.5 Å². The number of aryl methyl sites for hydroxylation is 1. The molecule has 2 aliphatic heterocycles. The van der Waals surface area contributed by atoms with E-state index < -0.39 is 5.95 Å². The van der Waals surface area contributed by atoms with Crippen molar-refractivity contribution in [2.75, 3.05) is 32.1 Å². The molecule has 188 valence electrons. The van der Waals surface area contributed by atoms with Crippen molar-refractivity contribution >= 4 is 22.9 Å². The minimum atomic E-state index is -0.465. The van der Waals surface area contributed by atoms with Gasteiger partial charge in [-0.3, -0.25) is 9.29 Å². The number of nitrogens with zero attached hydrogens (tertiary/aromatic N) is 2. The van der Waals surface area contributed by atoms with E-state index in [-0.39, 0.29) is 18.5 Å². The number of hydrogen-bond acceptors (Lipinski definition) is 5. The highest BCUT2D eigenvalue weighted by atomic mass is 32.2. The summed E-state index contributed by atoms with van der Waals surface area (Å²) in [6.45, 7) is 4.00. The summed E-state index contributed by atoms with van der Waals surface area (Å²) in [5.74, 6) is 1.31. The molecule has 0 bridgehead atoms. The monoisotopic (exact) mass is 508 g/mol. The van der Waals surface area contributed by atoms with Crippen molar-refractivity contribution in [1.82, 2.24) is 9.88 Å². The Morgan fingerprint density at radius 3 is 2.69 bits per heavy atom. The molecule has 1 fully saturated rings. The van der Waals surface area contributed by atoms with E-state index in [1.54, 1.807) is 30.8 Å². The van der Waals surface area contributed by atoms with E-state index in [9.17, 15) is 9.50 Å². The van der Waals surface area contributed by atoms with Crippen LogP contribution in [-0.4, -0.2) is 53.2 Å². The summed E-state index contributed by atoms with van der Waals surface area (Å²) < 4.78 is 33.8. The molecule has 7 heteroatoms. The van der Waals surface area contributed by atoms with Crippen LogP contribution in [0.2, 0.25) is 0 Å². The van der Waals surface area contributed by atoms with Crippen LogP contribution in [0, 0.1) is 12.9 Å². The summed E-state index contributed by atoms with van der Waals surface area (Å²) >= 11 is 1.66. The van der Waals surface area contributed by atoms with Gasteiger partial charge in [0.15, 0.2) is 0 Å². The van der Waals surface area contributed by atoms with Gasteiger partial charge in [-0.05, 0) is 90.9 Å². The second kappa shape index (κ2) is 11.0. The van der Waals surface area contributed by atoms with E-state index >= 15 is 4.39 Å². The normalized spacial score (nSPS) is 18.2. The summed E-state index contributed by atoms with van der Waals surface area (Å²) in [4.78, 5) is 7.30. The van der Waals surface area contributed by atoms with Crippen molar-refractivity contribution in [1.29, 1.82) is 0 Å². The molecule has 0 amide bonds. The molecule has 1 aromatic heterocycles. The first-order valence-corrected chi connectivity index (χ1v) is 13.4. The minimum absolute atomic E-state index is 0.0935. The molecule has 5 rings (SSSR count). The van der Waals surface area contributed by atoms with Crippen molar-refractivity contribution in [2.45, 2.75) is 37.2 Å². The van der Waals surface area contributed by atoms with Gasteiger partial charge in [0.2, 0.25) is 5.95 Å². The molecule has 1 N–H and O–H groups in total. The summed E-state index contributed by atoms with van der Waals surface area (Å²) in [5, 5.41) is 10.1. The van der Waals surface area contributed by atoms with Gasteiger partial charge in [0.05, 0.1) is 6.67 Å². The van der Waals surface area contributed by atoms with Crippen LogP contribution >= 0.6 is 11.8 Å². The summed E-state index contributed by atoms with van der Waals surface area (Å²) in [7, 11) is 0. The summed E-state index contributed by atoms with van der Waals surface area (Å²) in [5.41, 5.74) is 4.94. The predicted molar refractivity (Wildman–Crippen MR) is 141 cm³/mol. The van der Waals surface area contributed by atoms with Gasteiger partial charge < -0.3 is 9.84 Å². The number of phenols is 1. The zero-order valence-corrected chi connectivity index (χ0v) is 21.2. The fraction of sp³-hybridized carbons (Fsp3) is 0.345. The fourth-order valence-electron chi connectivity index (χ4n) is 5.01. The van der Waals surface area contributed by atoms with Crippen molar-refractivity contribution in [2.24, 2.45) is 0 Å². The van der Waals surface area contributed by atoms with Crippen LogP contribution in [0.1, 0.15) is 41.6 Å². The lowest BCUT2D eigenvalue weighted by atomic mass is 9.88. The number of alkyl halides is 1. The molecule has 0 radical (unpaired) electrons. The highest BCUT2D eigenvalue weighted by Gasteiger charge is 2.25. The number of allylic oxidation sites excluding steroid dienone is 1. The number of likely N-dealkylation sites (tertiary alicyclic amines) is 1. The van der Waals surface area contributed by atoms with Gasteiger partial charge in [-0.15, -0.1) is 11.8 Å². The third kappa shape index (κ3) is 5.42. The quantitative estimate of drug-likeness (QED) is 0.369. The van der Waals surface area contributed by atoms with Crippen molar-refractivity contribution in [3.8, 4) is 11.5 Å². The summed E-state index contributed by atoms with van der Waals surface area (Å²) in [6.07, 6.45) is 2.26. The molecule has 2 aromatic carbocycles. The van der Waals surface area contributed by atoms with Crippen LogP contribution in [0.25, 0.3) is 11.1 Å². The molecule has 0 unspecified atom stereocenters. The van der Waals surface area contributed by atoms with E-state index in [1.807, 2.05) is 42.5 Å². The second-order valence-corrected chi connectivity index (χ2v) is 10.5. The first-order valence-electron chi connectivity index (χ1n) is 12.4. The third-order valence-electron chi connectivity index (χ3n) is 6.74. The van der Waals surface area contributed by atoms with E-state index in [1.165, 1.54) is 0 Å². The van der Waals surface area contributed by atoms with Gasteiger partial charge in [0.1, 0.15) is 17.6 Å². The molecule has 1 atom stereocenters. The van der Waals surface area contributed by atoms with Crippen LogP contribution in [0.4, 0.5) is 8.78 Å². The maximum Gasteiger partial charge on any atom is 0.220 e. The Hall–Kier alpha value is -2.90. The molecule has 0 aliphatic carbocycles.